The van der Waals surface area contributed by atoms with E-state index < -0.39 is 9.05 Å². The largest absolute Gasteiger partial charge is 0.266 e. The summed E-state index contributed by atoms with van der Waals surface area (Å²) in [6.07, 6.45) is 0. The van der Waals surface area contributed by atoms with Crippen LogP contribution >= 0.6 is 38.2 Å². The van der Waals surface area contributed by atoms with Crippen LogP contribution in [0.2, 0.25) is 5.15 Å². The Morgan fingerprint density at radius 3 is 2.56 bits per heavy atom. The van der Waals surface area contributed by atoms with Crippen LogP contribution in [-0.4, -0.2) is 18.2 Å². The van der Waals surface area contributed by atoms with E-state index in [9.17, 15) is 8.42 Å². The highest BCUT2D eigenvalue weighted by atomic mass is 79.9. The lowest BCUT2D eigenvalue weighted by Gasteiger charge is -2.03. The van der Waals surface area contributed by atoms with Gasteiger partial charge in [0.1, 0.15) is 4.90 Å². The Balaban J connectivity index is 2.69. The number of nitrogens with zero attached hydrogens (tertiary/aromatic N) is 2. The van der Waals surface area contributed by atoms with Crippen molar-refractivity contribution in [3.63, 3.8) is 0 Å². The van der Waals surface area contributed by atoms with Crippen molar-refractivity contribution in [1.82, 2.24) is 9.78 Å². The summed E-state index contributed by atoms with van der Waals surface area (Å²) in [6, 6.07) is 7.16. The lowest BCUT2D eigenvalue weighted by molar-refractivity contribution is 0.609. The van der Waals surface area contributed by atoms with E-state index in [0.717, 1.165) is 4.47 Å². The Labute approximate surface area is 122 Å². The number of benzene rings is 1. The van der Waals surface area contributed by atoms with E-state index in [1.54, 1.807) is 18.2 Å². The van der Waals surface area contributed by atoms with Gasteiger partial charge in [0.25, 0.3) is 9.05 Å². The molecule has 0 bridgehead atoms. The van der Waals surface area contributed by atoms with Crippen molar-refractivity contribution in [2.24, 2.45) is 0 Å². The Hall–Kier alpha value is -0.560. The van der Waals surface area contributed by atoms with Crippen LogP contribution in [0.25, 0.3) is 5.69 Å². The first-order valence-electron chi connectivity index (χ1n) is 4.76. The number of aromatic nitrogens is 2. The molecule has 2 rings (SSSR count). The molecule has 1 heterocycles. The molecule has 0 aliphatic rings. The highest BCUT2D eigenvalue weighted by Crippen LogP contribution is 2.30. The molecule has 0 saturated heterocycles. The van der Waals surface area contributed by atoms with Crippen LogP contribution in [0, 0.1) is 6.92 Å². The first kappa shape index (κ1) is 13.9. The van der Waals surface area contributed by atoms with E-state index in [0.29, 0.717) is 5.69 Å². The van der Waals surface area contributed by atoms with E-state index in [1.165, 1.54) is 11.6 Å². The Bertz CT molecular complexity index is 713. The Morgan fingerprint density at radius 2 is 2.06 bits per heavy atom. The summed E-state index contributed by atoms with van der Waals surface area (Å²) in [4.78, 5) is -0.161. The van der Waals surface area contributed by atoms with E-state index in [1.807, 2.05) is 6.07 Å². The third kappa shape index (κ3) is 2.56. The molecule has 0 spiro atoms. The molecule has 0 unspecified atom stereocenters. The molecule has 1 aromatic heterocycles. The topological polar surface area (TPSA) is 52.0 Å². The molecule has 18 heavy (non-hydrogen) atoms. The summed E-state index contributed by atoms with van der Waals surface area (Å²) in [6.45, 7) is 1.54. The average molecular weight is 370 g/mol. The van der Waals surface area contributed by atoms with Crippen LogP contribution in [0.5, 0.6) is 0 Å². The molecule has 8 heteroatoms. The minimum absolute atomic E-state index is 0.0272. The van der Waals surface area contributed by atoms with Gasteiger partial charge >= 0.3 is 0 Å². The summed E-state index contributed by atoms with van der Waals surface area (Å²) in [5.41, 5.74) is 0.902. The zero-order chi connectivity index (χ0) is 13.5. The van der Waals surface area contributed by atoms with Gasteiger partial charge in [-0.2, -0.15) is 5.10 Å². The molecule has 0 amide bonds. The Kier molecular flexibility index (Phi) is 3.73. The number of aryl methyl sites for hydroxylation is 1. The van der Waals surface area contributed by atoms with E-state index in [2.05, 4.69) is 21.0 Å². The van der Waals surface area contributed by atoms with Crippen molar-refractivity contribution in [3.05, 3.63) is 39.6 Å². The summed E-state index contributed by atoms with van der Waals surface area (Å²) < 4.78 is 25.0. The third-order valence-electron chi connectivity index (χ3n) is 2.25. The molecule has 4 nitrogen and oxygen atoms in total. The van der Waals surface area contributed by atoms with Crippen LogP contribution in [-0.2, 0) is 9.05 Å². The SMILES string of the molecule is Cc1nn(-c2cccc(Br)c2)c(Cl)c1S(=O)(=O)Cl. The van der Waals surface area contributed by atoms with Crippen LogP contribution in [0.3, 0.4) is 0 Å². The summed E-state index contributed by atoms with van der Waals surface area (Å²) in [5, 5.41) is 4.06. The maximum atomic E-state index is 11.4. The number of halogens is 3. The summed E-state index contributed by atoms with van der Waals surface area (Å²) >= 11 is 9.34. The second kappa shape index (κ2) is 4.85. The molecule has 1 aromatic carbocycles. The molecule has 0 N–H and O–H groups in total. The number of hydrogen-bond donors (Lipinski definition) is 0. The maximum Gasteiger partial charge on any atom is 0.266 e. The van der Waals surface area contributed by atoms with E-state index in [4.69, 9.17) is 22.3 Å². The molecule has 0 radical (unpaired) electrons. The second-order valence-corrected chi connectivity index (χ2v) is 7.31. The predicted molar refractivity (Wildman–Crippen MR) is 74.0 cm³/mol. The second-order valence-electron chi connectivity index (χ2n) is 3.53. The Morgan fingerprint density at radius 1 is 1.39 bits per heavy atom. The van der Waals surface area contributed by atoms with Crippen molar-refractivity contribution in [2.75, 3.05) is 0 Å². The third-order valence-corrected chi connectivity index (χ3v) is 4.64. The van der Waals surface area contributed by atoms with Crippen molar-refractivity contribution in [3.8, 4) is 5.69 Å². The molecule has 2 aromatic rings. The summed E-state index contributed by atoms with van der Waals surface area (Å²) in [5.74, 6) is 0. The molecule has 96 valence electrons. The van der Waals surface area contributed by atoms with Gasteiger partial charge in [0.2, 0.25) is 0 Å². The maximum absolute atomic E-state index is 11.4. The molecular formula is C10H7BrCl2N2O2S. The fourth-order valence-corrected chi connectivity index (χ4v) is 3.86. The van der Waals surface area contributed by atoms with Gasteiger partial charge < -0.3 is 0 Å². The minimum atomic E-state index is -3.92. The average Bonchev–Trinajstić information content (AvgIpc) is 2.53. The number of rotatable bonds is 2. The van der Waals surface area contributed by atoms with Gasteiger partial charge in [-0.25, -0.2) is 13.1 Å². The van der Waals surface area contributed by atoms with Gasteiger partial charge in [0.05, 0.1) is 11.4 Å². The first-order valence-corrected chi connectivity index (χ1v) is 8.24. The molecule has 0 atom stereocenters. The molecule has 0 aliphatic heterocycles. The molecule has 0 aliphatic carbocycles. The standard InChI is InChI=1S/C10H7BrCl2N2O2S/c1-6-9(18(13,16)17)10(12)15(14-6)8-4-2-3-7(11)5-8/h2-5H,1H3. The van der Waals surface area contributed by atoms with E-state index >= 15 is 0 Å². The first-order chi connectivity index (χ1) is 8.30. The fraction of sp³-hybridized carbons (Fsp3) is 0.100. The van der Waals surface area contributed by atoms with Crippen LogP contribution in [0.15, 0.2) is 33.6 Å². The van der Waals surface area contributed by atoms with Gasteiger partial charge in [-0.1, -0.05) is 33.6 Å². The van der Waals surface area contributed by atoms with Gasteiger partial charge in [-0.3, -0.25) is 0 Å². The van der Waals surface area contributed by atoms with Crippen molar-refractivity contribution in [1.29, 1.82) is 0 Å². The fourth-order valence-electron chi connectivity index (χ4n) is 1.54. The zero-order valence-electron chi connectivity index (χ0n) is 9.06. The molecule has 0 saturated carbocycles. The monoisotopic (exact) mass is 368 g/mol. The van der Waals surface area contributed by atoms with Gasteiger partial charge in [-0.15, -0.1) is 0 Å². The smallest absolute Gasteiger partial charge is 0.220 e. The van der Waals surface area contributed by atoms with Crippen molar-refractivity contribution >= 4 is 47.3 Å². The zero-order valence-corrected chi connectivity index (χ0v) is 13.0. The van der Waals surface area contributed by atoms with Crippen LogP contribution < -0.4 is 0 Å². The van der Waals surface area contributed by atoms with Crippen molar-refractivity contribution < 1.29 is 8.42 Å². The normalized spacial score (nSPS) is 11.8. The van der Waals surface area contributed by atoms with Gasteiger partial charge in [0.15, 0.2) is 5.15 Å². The van der Waals surface area contributed by atoms with Gasteiger partial charge in [0, 0.05) is 15.2 Å². The van der Waals surface area contributed by atoms with Crippen molar-refractivity contribution in [2.45, 2.75) is 11.8 Å². The van der Waals surface area contributed by atoms with Crippen LogP contribution in [0.4, 0.5) is 0 Å². The molecular weight excluding hydrogens is 363 g/mol. The lowest BCUT2D eigenvalue weighted by atomic mass is 10.3. The highest BCUT2D eigenvalue weighted by Gasteiger charge is 2.24. The minimum Gasteiger partial charge on any atom is -0.220 e. The molecule has 0 fully saturated rings. The summed E-state index contributed by atoms with van der Waals surface area (Å²) in [7, 11) is 1.41. The van der Waals surface area contributed by atoms with Crippen LogP contribution in [0.1, 0.15) is 5.69 Å². The highest BCUT2D eigenvalue weighted by molar-refractivity contribution is 9.10. The van der Waals surface area contributed by atoms with Gasteiger partial charge in [-0.05, 0) is 25.1 Å². The number of hydrogen-bond acceptors (Lipinski definition) is 3. The lowest BCUT2D eigenvalue weighted by Crippen LogP contribution is -1.97. The van der Waals surface area contributed by atoms with E-state index in [-0.39, 0.29) is 15.7 Å². The quantitative estimate of drug-likeness (QED) is 0.761. The predicted octanol–water partition coefficient (Wildman–Crippen LogP) is 3.52.